The number of aliphatic hydroxyl groups is 1. The van der Waals surface area contributed by atoms with E-state index in [-0.39, 0.29) is 6.10 Å². The van der Waals surface area contributed by atoms with E-state index in [1.165, 1.54) is 5.57 Å². The normalized spacial score (nSPS) is 15.9. The first-order valence-electron chi connectivity index (χ1n) is 4.76. The maximum atomic E-state index is 9.47. The molecule has 0 aliphatic heterocycles. The molecule has 0 aromatic rings. The highest BCUT2D eigenvalue weighted by molar-refractivity contribution is 4.95. The average Bonchev–Trinajstić information content (AvgIpc) is 1.84. The third-order valence-corrected chi connectivity index (χ3v) is 2.27. The predicted molar refractivity (Wildman–Crippen MR) is 54.1 cm³/mol. The van der Waals surface area contributed by atoms with Crippen molar-refractivity contribution in [1.29, 1.82) is 0 Å². The van der Waals surface area contributed by atoms with Gasteiger partial charge in [0, 0.05) is 0 Å². The Morgan fingerprint density at radius 1 is 1.25 bits per heavy atom. The summed E-state index contributed by atoms with van der Waals surface area (Å²) in [5.41, 5.74) is 1.33. The maximum absolute atomic E-state index is 9.47. The largest absolute Gasteiger partial charge is 0.393 e. The third-order valence-electron chi connectivity index (χ3n) is 2.27. The molecule has 2 unspecified atom stereocenters. The first kappa shape index (κ1) is 11.7. The molecule has 0 amide bonds. The van der Waals surface area contributed by atoms with Crippen LogP contribution in [-0.4, -0.2) is 11.2 Å². The van der Waals surface area contributed by atoms with E-state index in [0.717, 1.165) is 6.42 Å². The van der Waals surface area contributed by atoms with Crippen molar-refractivity contribution in [2.45, 2.75) is 47.1 Å². The van der Waals surface area contributed by atoms with Crippen LogP contribution < -0.4 is 0 Å². The summed E-state index contributed by atoms with van der Waals surface area (Å²) < 4.78 is 0. The van der Waals surface area contributed by atoms with E-state index in [1.54, 1.807) is 0 Å². The molecule has 72 valence electrons. The van der Waals surface area contributed by atoms with Crippen LogP contribution in [0.2, 0.25) is 0 Å². The molecule has 0 spiro atoms. The van der Waals surface area contributed by atoms with Crippen molar-refractivity contribution in [3.05, 3.63) is 11.6 Å². The van der Waals surface area contributed by atoms with Gasteiger partial charge in [0.1, 0.15) is 0 Å². The van der Waals surface area contributed by atoms with Gasteiger partial charge in [-0.2, -0.15) is 0 Å². The fraction of sp³-hybridized carbons (Fsp3) is 0.818. The van der Waals surface area contributed by atoms with Gasteiger partial charge >= 0.3 is 0 Å². The van der Waals surface area contributed by atoms with Gasteiger partial charge in [0.2, 0.25) is 0 Å². The highest BCUT2D eigenvalue weighted by atomic mass is 16.3. The van der Waals surface area contributed by atoms with Gasteiger partial charge in [-0.25, -0.2) is 0 Å². The van der Waals surface area contributed by atoms with Crippen molar-refractivity contribution in [3.8, 4) is 0 Å². The Balaban J connectivity index is 4.06. The molecule has 1 N–H and O–H groups in total. The van der Waals surface area contributed by atoms with E-state index in [9.17, 15) is 5.11 Å². The number of hydrogen-bond acceptors (Lipinski definition) is 1. The number of rotatable bonds is 4. The van der Waals surface area contributed by atoms with E-state index >= 15 is 0 Å². The number of hydrogen-bond donors (Lipinski definition) is 1. The van der Waals surface area contributed by atoms with Crippen molar-refractivity contribution < 1.29 is 5.11 Å². The minimum Gasteiger partial charge on any atom is -0.393 e. The van der Waals surface area contributed by atoms with E-state index in [2.05, 4.69) is 33.8 Å². The first-order chi connectivity index (χ1) is 5.45. The van der Waals surface area contributed by atoms with Crippen LogP contribution in [0.5, 0.6) is 0 Å². The van der Waals surface area contributed by atoms with Crippen molar-refractivity contribution >= 4 is 0 Å². The van der Waals surface area contributed by atoms with Gasteiger partial charge in [-0.05, 0) is 39.0 Å². The lowest BCUT2D eigenvalue weighted by Crippen LogP contribution is -2.21. The summed E-state index contributed by atoms with van der Waals surface area (Å²) in [7, 11) is 0. The average molecular weight is 170 g/mol. The Labute approximate surface area is 76.5 Å². The van der Waals surface area contributed by atoms with E-state index in [0.29, 0.717) is 11.8 Å². The van der Waals surface area contributed by atoms with Crippen molar-refractivity contribution in [3.63, 3.8) is 0 Å². The van der Waals surface area contributed by atoms with Crippen LogP contribution in [0.15, 0.2) is 11.6 Å². The van der Waals surface area contributed by atoms with Crippen LogP contribution >= 0.6 is 0 Å². The van der Waals surface area contributed by atoms with Crippen LogP contribution in [-0.2, 0) is 0 Å². The van der Waals surface area contributed by atoms with Gasteiger partial charge in [0.25, 0.3) is 0 Å². The summed E-state index contributed by atoms with van der Waals surface area (Å²) in [6.07, 6.45) is 3.01. The highest BCUT2D eigenvalue weighted by Gasteiger charge is 2.16. The Hall–Kier alpha value is -0.300. The molecule has 1 heteroatoms. The highest BCUT2D eigenvalue weighted by Crippen LogP contribution is 2.20. The molecule has 0 saturated carbocycles. The maximum Gasteiger partial charge on any atom is 0.0545 e. The van der Waals surface area contributed by atoms with Gasteiger partial charge in [-0.3, -0.25) is 0 Å². The summed E-state index contributed by atoms with van der Waals surface area (Å²) in [5.74, 6) is 0.959. The zero-order valence-corrected chi connectivity index (χ0v) is 8.96. The zero-order valence-electron chi connectivity index (χ0n) is 8.96. The van der Waals surface area contributed by atoms with Gasteiger partial charge in [-0.15, -0.1) is 0 Å². The van der Waals surface area contributed by atoms with Gasteiger partial charge in [-0.1, -0.05) is 25.5 Å². The lowest BCUT2D eigenvalue weighted by atomic mass is 9.87. The van der Waals surface area contributed by atoms with E-state index in [4.69, 9.17) is 0 Å². The van der Waals surface area contributed by atoms with Crippen molar-refractivity contribution in [2.24, 2.45) is 11.8 Å². The smallest absolute Gasteiger partial charge is 0.0545 e. The van der Waals surface area contributed by atoms with Crippen LogP contribution in [0.25, 0.3) is 0 Å². The fourth-order valence-corrected chi connectivity index (χ4v) is 1.40. The van der Waals surface area contributed by atoms with Gasteiger partial charge in [0.05, 0.1) is 6.10 Å². The number of allylic oxidation sites excluding steroid dienone is 2. The van der Waals surface area contributed by atoms with E-state index in [1.807, 2.05) is 6.92 Å². The second kappa shape index (κ2) is 5.36. The topological polar surface area (TPSA) is 20.2 Å². The standard InChI is InChI=1S/C11H22O/c1-8(2)6-7-11(9(3)4)10(5)12/h6,9-12H,7H2,1-5H3. The molecular weight excluding hydrogens is 148 g/mol. The minimum absolute atomic E-state index is 0.194. The van der Waals surface area contributed by atoms with Crippen LogP contribution in [0, 0.1) is 11.8 Å². The Kier molecular flexibility index (Phi) is 5.23. The van der Waals surface area contributed by atoms with Crippen LogP contribution in [0.1, 0.15) is 41.0 Å². The second-order valence-corrected chi connectivity index (χ2v) is 4.17. The molecular formula is C11H22O. The molecule has 12 heavy (non-hydrogen) atoms. The quantitative estimate of drug-likeness (QED) is 0.643. The molecule has 1 nitrogen and oxygen atoms in total. The number of aliphatic hydroxyl groups excluding tert-OH is 1. The molecule has 0 saturated heterocycles. The molecule has 0 aliphatic rings. The lowest BCUT2D eigenvalue weighted by Gasteiger charge is -2.22. The van der Waals surface area contributed by atoms with Crippen molar-refractivity contribution in [1.82, 2.24) is 0 Å². The third kappa shape index (κ3) is 4.55. The molecule has 2 atom stereocenters. The summed E-state index contributed by atoms with van der Waals surface area (Å²) in [6, 6.07) is 0. The molecule has 0 aromatic carbocycles. The summed E-state index contributed by atoms with van der Waals surface area (Å²) in [5, 5.41) is 9.47. The Bertz CT molecular complexity index is 133. The van der Waals surface area contributed by atoms with E-state index < -0.39 is 0 Å². The molecule has 0 bridgehead atoms. The summed E-state index contributed by atoms with van der Waals surface area (Å²) in [4.78, 5) is 0. The SMILES string of the molecule is CC(C)=CCC(C(C)C)C(C)O. The molecule has 0 rings (SSSR count). The van der Waals surface area contributed by atoms with Gasteiger partial charge < -0.3 is 5.11 Å². The lowest BCUT2D eigenvalue weighted by molar-refractivity contribution is 0.0993. The first-order valence-corrected chi connectivity index (χ1v) is 4.76. The Morgan fingerprint density at radius 3 is 2.00 bits per heavy atom. The molecule has 0 heterocycles. The summed E-state index contributed by atoms with van der Waals surface area (Å²) in [6.45, 7) is 10.4. The summed E-state index contributed by atoms with van der Waals surface area (Å²) >= 11 is 0. The van der Waals surface area contributed by atoms with Crippen molar-refractivity contribution in [2.75, 3.05) is 0 Å². The van der Waals surface area contributed by atoms with Crippen LogP contribution in [0.4, 0.5) is 0 Å². The van der Waals surface area contributed by atoms with Crippen LogP contribution in [0.3, 0.4) is 0 Å². The molecule has 0 aliphatic carbocycles. The molecule has 0 fully saturated rings. The van der Waals surface area contributed by atoms with Gasteiger partial charge in [0.15, 0.2) is 0 Å². The fourth-order valence-electron chi connectivity index (χ4n) is 1.40. The zero-order chi connectivity index (χ0) is 9.72. The second-order valence-electron chi connectivity index (χ2n) is 4.17. The molecule has 0 aromatic heterocycles. The predicted octanol–water partition coefficient (Wildman–Crippen LogP) is 3.00. The Morgan fingerprint density at radius 2 is 1.75 bits per heavy atom. The minimum atomic E-state index is -0.194. The molecule has 0 radical (unpaired) electrons. The monoisotopic (exact) mass is 170 g/mol.